The Labute approximate surface area is 248 Å². The van der Waals surface area contributed by atoms with Gasteiger partial charge in [-0.1, -0.05) is 0 Å². The number of likely N-dealkylation sites (tertiary alicyclic amines) is 2. The van der Waals surface area contributed by atoms with Gasteiger partial charge >= 0.3 is 0 Å². The van der Waals surface area contributed by atoms with Crippen molar-refractivity contribution in [1.82, 2.24) is 29.9 Å². The first-order valence-corrected chi connectivity index (χ1v) is 14.6. The third-order valence-corrected chi connectivity index (χ3v) is 7.71. The van der Waals surface area contributed by atoms with E-state index in [2.05, 4.69) is 20.7 Å². The number of amides is 3. The Morgan fingerprint density at radius 2 is 1.91 bits per heavy atom. The third-order valence-electron chi connectivity index (χ3n) is 7.71. The Hall–Kier alpha value is -5.00. The molecule has 0 bridgehead atoms. The number of carbonyl (C=O) groups is 3. The lowest BCUT2D eigenvalue weighted by atomic mass is 10.1. The van der Waals surface area contributed by atoms with Crippen LogP contribution in [-0.2, 0) is 9.59 Å². The van der Waals surface area contributed by atoms with Crippen LogP contribution >= 0.6 is 0 Å². The quantitative estimate of drug-likeness (QED) is 0.262. The molecule has 222 valence electrons. The molecule has 2 aliphatic heterocycles. The molecule has 0 radical (unpaired) electrons. The maximum atomic E-state index is 13.6. The molecule has 2 N–H and O–H groups in total. The van der Waals surface area contributed by atoms with Crippen LogP contribution in [0.1, 0.15) is 48.2 Å². The van der Waals surface area contributed by atoms with Crippen LogP contribution in [0.3, 0.4) is 0 Å². The molecule has 0 saturated carbocycles. The number of nitrogens with one attached hydrogen (secondary N) is 2. The highest BCUT2D eigenvalue weighted by atomic mass is 16.3. The van der Waals surface area contributed by atoms with Crippen molar-refractivity contribution in [2.75, 3.05) is 31.5 Å². The van der Waals surface area contributed by atoms with Gasteiger partial charge in [-0.15, -0.1) is 0 Å². The number of aryl methyl sites for hydroxylation is 1. The van der Waals surface area contributed by atoms with E-state index in [1.54, 1.807) is 40.2 Å². The summed E-state index contributed by atoms with van der Waals surface area (Å²) in [5.41, 5.74) is 1.73. The van der Waals surface area contributed by atoms with E-state index < -0.39 is 11.9 Å². The van der Waals surface area contributed by atoms with E-state index >= 15 is 0 Å². The topological polar surface area (TPSA) is 138 Å². The van der Waals surface area contributed by atoms with Gasteiger partial charge in [0.2, 0.25) is 17.8 Å². The molecule has 1 atom stereocenters. The molecule has 2 aliphatic rings. The molecule has 12 nitrogen and oxygen atoms in total. The van der Waals surface area contributed by atoms with Crippen LogP contribution in [0.2, 0.25) is 0 Å². The van der Waals surface area contributed by atoms with Crippen molar-refractivity contribution in [3.05, 3.63) is 72.4 Å². The van der Waals surface area contributed by atoms with E-state index in [1.165, 1.54) is 6.20 Å². The molecule has 12 heteroatoms. The van der Waals surface area contributed by atoms with Gasteiger partial charge in [-0.25, -0.2) is 14.7 Å². The van der Waals surface area contributed by atoms with Crippen LogP contribution in [0.5, 0.6) is 0 Å². The van der Waals surface area contributed by atoms with Crippen LogP contribution < -0.4 is 10.6 Å². The van der Waals surface area contributed by atoms with Gasteiger partial charge in [-0.2, -0.15) is 5.10 Å². The molecule has 3 aromatic heterocycles. The molecular weight excluding hydrogens is 548 g/mol. The number of fused-ring (bicyclic) bond motifs is 1. The Bertz CT molecular complexity index is 1640. The summed E-state index contributed by atoms with van der Waals surface area (Å²) in [5.74, 6) is 0.805. The molecule has 2 fully saturated rings. The average molecular weight is 583 g/mol. The number of carbonyl (C=O) groups excluding carboxylic acids is 3. The van der Waals surface area contributed by atoms with Gasteiger partial charge in [-0.05, 0) is 81.5 Å². The standard InChI is InChI=1S/C31H34N8O4/c1-21-17-23-18-24(9-10-26(23)43-21)34-31(36-29(41)22-8-11-27(32-19-22)39-16-6-12-33-39)35-25-7-2-3-15-38(30(25)42)20-28(40)37-13-4-5-14-37/h6,8-12,16-19,25H,2-5,7,13-15,20H2,1H3,(H2,34,35,36,41)/t25-/m0/s1. The van der Waals surface area contributed by atoms with Crippen molar-refractivity contribution in [2.45, 2.75) is 45.1 Å². The zero-order valence-corrected chi connectivity index (χ0v) is 24.0. The van der Waals surface area contributed by atoms with Crippen molar-refractivity contribution in [2.24, 2.45) is 4.99 Å². The van der Waals surface area contributed by atoms with Crippen molar-refractivity contribution in [3.8, 4) is 5.82 Å². The molecule has 2 saturated heterocycles. The van der Waals surface area contributed by atoms with Crippen LogP contribution in [0, 0.1) is 6.92 Å². The second kappa shape index (κ2) is 12.5. The van der Waals surface area contributed by atoms with Crippen LogP contribution in [0.25, 0.3) is 16.8 Å². The molecule has 6 rings (SSSR count). The zero-order valence-electron chi connectivity index (χ0n) is 24.0. The van der Waals surface area contributed by atoms with E-state index in [0.29, 0.717) is 30.0 Å². The van der Waals surface area contributed by atoms with Crippen LogP contribution in [0.15, 0.2) is 70.5 Å². The van der Waals surface area contributed by atoms with Gasteiger partial charge in [0, 0.05) is 49.3 Å². The number of pyridine rings is 1. The fraction of sp³-hybridized carbons (Fsp3) is 0.355. The molecule has 3 amide bonds. The monoisotopic (exact) mass is 582 g/mol. The summed E-state index contributed by atoms with van der Waals surface area (Å²) in [4.78, 5) is 52.4. The number of guanidine groups is 1. The minimum atomic E-state index is -0.753. The van der Waals surface area contributed by atoms with Crippen molar-refractivity contribution < 1.29 is 18.8 Å². The van der Waals surface area contributed by atoms with Gasteiger partial charge in [0.15, 0.2) is 5.82 Å². The summed E-state index contributed by atoms with van der Waals surface area (Å²) in [5, 5.41) is 11.1. The van der Waals surface area contributed by atoms with E-state index in [4.69, 9.17) is 9.41 Å². The number of hydrogen-bond donors (Lipinski definition) is 2. The largest absolute Gasteiger partial charge is 0.461 e. The fourth-order valence-corrected chi connectivity index (χ4v) is 5.47. The van der Waals surface area contributed by atoms with Crippen LogP contribution in [-0.4, -0.2) is 80.5 Å². The number of nitrogens with zero attached hydrogens (tertiary/aromatic N) is 6. The number of anilines is 1. The van der Waals surface area contributed by atoms with E-state index in [1.807, 2.05) is 36.1 Å². The Balaban J connectivity index is 1.25. The van der Waals surface area contributed by atoms with Gasteiger partial charge in [0.1, 0.15) is 17.4 Å². The molecule has 0 aliphatic carbocycles. The number of aliphatic imine (C=N–C) groups is 1. The van der Waals surface area contributed by atoms with Crippen molar-refractivity contribution in [3.63, 3.8) is 0 Å². The summed E-state index contributed by atoms with van der Waals surface area (Å²) < 4.78 is 7.29. The number of hydrogen-bond acceptors (Lipinski definition) is 7. The third kappa shape index (κ3) is 6.58. The van der Waals surface area contributed by atoms with Crippen molar-refractivity contribution >= 4 is 40.3 Å². The molecule has 43 heavy (non-hydrogen) atoms. The number of rotatable bonds is 6. The second-order valence-corrected chi connectivity index (χ2v) is 10.9. The van der Waals surface area contributed by atoms with E-state index in [-0.39, 0.29) is 24.3 Å². The van der Waals surface area contributed by atoms with E-state index in [0.717, 1.165) is 55.5 Å². The maximum absolute atomic E-state index is 13.6. The highest BCUT2D eigenvalue weighted by molar-refractivity contribution is 6.10. The summed E-state index contributed by atoms with van der Waals surface area (Å²) in [6.07, 6.45) is 8.93. The van der Waals surface area contributed by atoms with Gasteiger partial charge in [0.25, 0.3) is 5.91 Å². The number of benzene rings is 1. The summed E-state index contributed by atoms with van der Waals surface area (Å²) >= 11 is 0. The Morgan fingerprint density at radius 3 is 2.67 bits per heavy atom. The highest BCUT2D eigenvalue weighted by Gasteiger charge is 2.30. The Kier molecular flexibility index (Phi) is 8.16. The maximum Gasteiger partial charge on any atom is 0.259 e. The SMILES string of the molecule is Cc1cc2cc(NC(=N[C@H]3CCCCN(CC(=O)N4CCCC4)C3=O)NC(=O)c3ccc(-n4cccn4)nc3)ccc2o1. The minimum absolute atomic E-state index is 0.0307. The number of furan rings is 1. The summed E-state index contributed by atoms with van der Waals surface area (Å²) in [6, 6.07) is 11.9. The normalized spacial score (nSPS) is 17.7. The lowest BCUT2D eigenvalue weighted by molar-refractivity contribution is -0.140. The summed E-state index contributed by atoms with van der Waals surface area (Å²) in [7, 11) is 0. The minimum Gasteiger partial charge on any atom is -0.461 e. The van der Waals surface area contributed by atoms with Gasteiger partial charge < -0.3 is 19.5 Å². The first-order chi connectivity index (χ1) is 20.9. The predicted molar refractivity (Wildman–Crippen MR) is 161 cm³/mol. The van der Waals surface area contributed by atoms with Gasteiger partial charge in [0.05, 0.1) is 12.1 Å². The zero-order chi connectivity index (χ0) is 29.8. The Morgan fingerprint density at radius 1 is 1.07 bits per heavy atom. The second-order valence-electron chi connectivity index (χ2n) is 10.9. The lowest BCUT2D eigenvalue weighted by Crippen LogP contribution is -2.45. The highest BCUT2D eigenvalue weighted by Crippen LogP contribution is 2.23. The van der Waals surface area contributed by atoms with Crippen LogP contribution in [0.4, 0.5) is 5.69 Å². The van der Waals surface area contributed by atoms with E-state index in [9.17, 15) is 14.4 Å². The first kappa shape index (κ1) is 28.1. The first-order valence-electron chi connectivity index (χ1n) is 14.6. The smallest absolute Gasteiger partial charge is 0.259 e. The molecule has 5 heterocycles. The average Bonchev–Trinajstić information content (AvgIpc) is 3.78. The lowest BCUT2D eigenvalue weighted by Gasteiger charge is -2.25. The number of aromatic nitrogens is 3. The predicted octanol–water partition coefficient (Wildman–Crippen LogP) is 3.52. The summed E-state index contributed by atoms with van der Waals surface area (Å²) in [6.45, 7) is 3.90. The molecule has 0 unspecified atom stereocenters. The molecule has 0 spiro atoms. The molecule has 4 aromatic rings. The van der Waals surface area contributed by atoms with Gasteiger partial charge in [-0.3, -0.25) is 19.7 Å². The van der Waals surface area contributed by atoms with Crippen molar-refractivity contribution in [1.29, 1.82) is 0 Å². The molecule has 1 aromatic carbocycles. The fourth-order valence-electron chi connectivity index (χ4n) is 5.47. The molecular formula is C31H34N8O4.